The number of thiazole rings is 1. The Bertz CT molecular complexity index is 1040. The second-order valence-electron chi connectivity index (χ2n) is 5.45. The summed E-state index contributed by atoms with van der Waals surface area (Å²) < 4.78 is 2.26. The molecule has 0 radical (unpaired) electrons. The standard InChI is InChI=1S/C17H14Cl2N4OS/c1-22(2)5-6-23-16(24)15(25-17(23)12(9-20)10-21)8-11-3-4-13(18)14(19)7-11/h3-4,7-8H,5-6H2,1-2H3/b15-8+. The summed E-state index contributed by atoms with van der Waals surface area (Å²) in [7, 11) is 3.78. The third-order valence-electron chi connectivity index (χ3n) is 3.36. The number of aromatic nitrogens is 1. The van der Waals surface area contributed by atoms with E-state index in [1.165, 1.54) is 4.57 Å². The monoisotopic (exact) mass is 392 g/mol. The summed E-state index contributed by atoms with van der Waals surface area (Å²) in [6.07, 6.45) is 1.68. The third kappa shape index (κ3) is 4.50. The Morgan fingerprint density at radius 3 is 2.52 bits per heavy atom. The molecule has 0 aliphatic heterocycles. The predicted molar refractivity (Wildman–Crippen MR) is 101 cm³/mol. The fourth-order valence-corrected chi connectivity index (χ4v) is 3.47. The molecule has 0 aliphatic rings. The van der Waals surface area contributed by atoms with Crippen LogP contribution in [0.3, 0.4) is 0 Å². The van der Waals surface area contributed by atoms with Gasteiger partial charge in [-0.3, -0.25) is 9.36 Å². The molecule has 0 N–H and O–H groups in total. The van der Waals surface area contributed by atoms with Gasteiger partial charge in [0.15, 0.2) is 5.57 Å². The van der Waals surface area contributed by atoms with Crippen molar-refractivity contribution in [2.75, 3.05) is 20.6 Å². The van der Waals surface area contributed by atoms with E-state index in [-0.39, 0.29) is 11.1 Å². The van der Waals surface area contributed by atoms with Crippen LogP contribution in [-0.4, -0.2) is 30.1 Å². The SMILES string of the molecule is CN(C)CCn1c(=C(C#N)C#N)s/c(=C/c2ccc(Cl)c(Cl)c2)c1=O. The van der Waals surface area contributed by atoms with Crippen LogP contribution in [0.15, 0.2) is 23.0 Å². The highest BCUT2D eigenvalue weighted by Crippen LogP contribution is 2.22. The minimum atomic E-state index is -0.240. The quantitative estimate of drug-likeness (QED) is 0.794. The molecule has 0 atom stereocenters. The Morgan fingerprint density at radius 2 is 1.96 bits per heavy atom. The number of halogens is 2. The first-order valence-electron chi connectivity index (χ1n) is 7.23. The molecule has 0 saturated heterocycles. The Morgan fingerprint density at radius 1 is 1.28 bits per heavy atom. The highest BCUT2D eigenvalue weighted by molar-refractivity contribution is 7.07. The fourth-order valence-electron chi connectivity index (χ4n) is 2.08. The maximum atomic E-state index is 12.7. The van der Waals surface area contributed by atoms with Crippen molar-refractivity contribution in [1.82, 2.24) is 9.47 Å². The Balaban J connectivity index is 2.71. The number of hydrogen-bond acceptors (Lipinski definition) is 5. The number of rotatable bonds is 4. The molecule has 1 aromatic heterocycles. The van der Waals surface area contributed by atoms with Crippen LogP contribution in [0.25, 0.3) is 11.6 Å². The van der Waals surface area contributed by atoms with E-state index in [0.717, 1.165) is 16.9 Å². The maximum Gasteiger partial charge on any atom is 0.269 e. The van der Waals surface area contributed by atoms with Gasteiger partial charge in [0.2, 0.25) is 0 Å². The Hall–Kier alpha value is -2.09. The number of benzene rings is 1. The highest BCUT2D eigenvalue weighted by atomic mass is 35.5. The van der Waals surface area contributed by atoms with Gasteiger partial charge in [0.1, 0.15) is 16.8 Å². The normalized spacial score (nSPS) is 11.4. The maximum absolute atomic E-state index is 12.7. The summed E-state index contributed by atoms with van der Waals surface area (Å²) in [6.45, 7) is 1.000. The molecule has 0 saturated carbocycles. The van der Waals surface area contributed by atoms with E-state index in [2.05, 4.69) is 0 Å². The van der Waals surface area contributed by atoms with Gasteiger partial charge in [-0.25, -0.2) is 0 Å². The molecule has 0 aliphatic carbocycles. The van der Waals surface area contributed by atoms with Crippen molar-refractivity contribution in [3.05, 3.63) is 53.4 Å². The first-order chi connectivity index (χ1) is 11.9. The summed E-state index contributed by atoms with van der Waals surface area (Å²) in [5, 5.41) is 19.2. The highest BCUT2D eigenvalue weighted by Gasteiger charge is 2.10. The molecule has 25 heavy (non-hydrogen) atoms. The lowest BCUT2D eigenvalue weighted by molar-refractivity contribution is 0.380. The van der Waals surface area contributed by atoms with Crippen molar-refractivity contribution in [3.63, 3.8) is 0 Å². The second kappa shape index (κ2) is 8.33. The van der Waals surface area contributed by atoms with Gasteiger partial charge in [0, 0.05) is 13.1 Å². The van der Waals surface area contributed by atoms with Gasteiger partial charge < -0.3 is 4.90 Å². The minimum absolute atomic E-state index is 0.0744. The van der Waals surface area contributed by atoms with Gasteiger partial charge >= 0.3 is 0 Å². The van der Waals surface area contributed by atoms with Crippen LogP contribution in [0.2, 0.25) is 10.0 Å². The van der Waals surface area contributed by atoms with E-state index in [0.29, 0.717) is 32.3 Å². The van der Waals surface area contributed by atoms with Crippen molar-refractivity contribution in [3.8, 4) is 12.1 Å². The van der Waals surface area contributed by atoms with Crippen LogP contribution in [0.5, 0.6) is 0 Å². The predicted octanol–water partition coefficient (Wildman–Crippen LogP) is 1.80. The Kier molecular flexibility index (Phi) is 6.41. The zero-order valence-corrected chi connectivity index (χ0v) is 15.9. The van der Waals surface area contributed by atoms with Gasteiger partial charge in [-0.05, 0) is 37.9 Å². The van der Waals surface area contributed by atoms with Gasteiger partial charge in [-0.1, -0.05) is 29.3 Å². The summed E-state index contributed by atoms with van der Waals surface area (Å²) in [4.78, 5) is 14.7. The minimum Gasteiger partial charge on any atom is -0.308 e. The number of nitriles is 2. The topological polar surface area (TPSA) is 72.8 Å². The average molecular weight is 393 g/mol. The van der Waals surface area contributed by atoms with Crippen LogP contribution in [0.4, 0.5) is 0 Å². The van der Waals surface area contributed by atoms with Gasteiger partial charge in [-0.2, -0.15) is 10.5 Å². The van der Waals surface area contributed by atoms with E-state index in [9.17, 15) is 4.79 Å². The van der Waals surface area contributed by atoms with Crippen LogP contribution in [-0.2, 0) is 6.54 Å². The molecule has 2 rings (SSSR count). The molecule has 0 fully saturated rings. The lowest BCUT2D eigenvalue weighted by Crippen LogP contribution is -2.35. The van der Waals surface area contributed by atoms with Crippen molar-refractivity contribution >= 4 is 46.2 Å². The molecular formula is C17H14Cl2N4OS. The zero-order chi connectivity index (χ0) is 18.6. The lowest BCUT2D eigenvalue weighted by atomic mass is 10.2. The molecule has 2 aromatic rings. The smallest absolute Gasteiger partial charge is 0.269 e. The van der Waals surface area contributed by atoms with Crippen LogP contribution >= 0.6 is 34.5 Å². The number of hydrogen-bond donors (Lipinski definition) is 0. The summed E-state index contributed by atoms with van der Waals surface area (Å²) in [5.74, 6) is 0. The number of nitrogens with zero attached hydrogens (tertiary/aromatic N) is 4. The molecule has 128 valence electrons. The van der Waals surface area contributed by atoms with Gasteiger partial charge in [0.25, 0.3) is 5.56 Å². The largest absolute Gasteiger partial charge is 0.308 e. The molecule has 1 heterocycles. The van der Waals surface area contributed by atoms with Gasteiger partial charge in [0.05, 0.1) is 14.6 Å². The van der Waals surface area contributed by atoms with Gasteiger partial charge in [-0.15, -0.1) is 11.3 Å². The van der Waals surface area contributed by atoms with E-state index in [1.54, 1.807) is 24.3 Å². The average Bonchev–Trinajstić information content (AvgIpc) is 2.86. The molecule has 0 bridgehead atoms. The molecule has 5 nitrogen and oxygen atoms in total. The van der Waals surface area contributed by atoms with Crippen molar-refractivity contribution < 1.29 is 0 Å². The molecule has 8 heteroatoms. The van der Waals surface area contributed by atoms with Crippen LogP contribution in [0.1, 0.15) is 5.56 Å². The first kappa shape index (κ1) is 19.2. The molecular weight excluding hydrogens is 379 g/mol. The van der Waals surface area contributed by atoms with E-state index in [1.807, 2.05) is 31.1 Å². The summed E-state index contributed by atoms with van der Waals surface area (Å²) in [6, 6.07) is 8.77. The molecule has 1 aromatic carbocycles. The van der Waals surface area contributed by atoms with Crippen molar-refractivity contribution in [2.45, 2.75) is 6.54 Å². The molecule has 0 spiro atoms. The van der Waals surface area contributed by atoms with Crippen LogP contribution < -0.4 is 14.8 Å². The first-order valence-corrected chi connectivity index (χ1v) is 8.80. The van der Waals surface area contributed by atoms with E-state index >= 15 is 0 Å². The van der Waals surface area contributed by atoms with Crippen molar-refractivity contribution in [2.24, 2.45) is 0 Å². The van der Waals surface area contributed by atoms with E-state index < -0.39 is 0 Å². The van der Waals surface area contributed by atoms with E-state index in [4.69, 9.17) is 33.7 Å². The zero-order valence-electron chi connectivity index (χ0n) is 13.6. The van der Waals surface area contributed by atoms with Crippen LogP contribution in [0, 0.1) is 22.7 Å². The fraction of sp³-hybridized carbons (Fsp3) is 0.235. The molecule has 0 unspecified atom stereocenters. The second-order valence-corrected chi connectivity index (χ2v) is 7.29. The summed E-state index contributed by atoms with van der Waals surface area (Å²) in [5.41, 5.74) is 0.403. The number of likely N-dealkylation sites (N-methyl/N-ethyl adjacent to an activating group) is 1. The van der Waals surface area contributed by atoms with Crippen molar-refractivity contribution in [1.29, 1.82) is 10.5 Å². The Labute approximate surface area is 158 Å². The molecule has 0 amide bonds. The third-order valence-corrected chi connectivity index (χ3v) is 5.23. The summed E-state index contributed by atoms with van der Waals surface area (Å²) >= 11 is 13.0. The lowest BCUT2D eigenvalue weighted by Gasteiger charge is -2.09.